The summed E-state index contributed by atoms with van der Waals surface area (Å²) in [6.45, 7) is 4.68. The molecule has 0 saturated carbocycles. The summed E-state index contributed by atoms with van der Waals surface area (Å²) in [4.78, 5) is 27.3. The van der Waals surface area contributed by atoms with Crippen LogP contribution in [0.5, 0.6) is 0 Å². The molecule has 1 N–H and O–H groups in total. The molecule has 2 aromatic carbocycles. The third-order valence-corrected chi connectivity index (χ3v) is 6.26. The number of piperidine rings is 1. The van der Waals surface area contributed by atoms with Crippen LogP contribution in [0.1, 0.15) is 37.1 Å². The first-order chi connectivity index (χ1) is 15.9. The first-order valence-corrected chi connectivity index (χ1v) is 11.5. The topological polar surface area (TPSA) is 72.2 Å². The number of anilines is 1. The van der Waals surface area contributed by atoms with Crippen LogP contribution >= 0.6 is 11.6 Å². The molecule has 0 aliphatic carbocycles. The summed E-state index contributed by atoms with van der Waals surface area (Å²) >= 11 is 5.78. The van der Waals surface area contributed by atoms with Crippen molar-refractivity contribution in [1.82, 2.24) is 19.2 Å². The van der Waals surface area contributed by atoms with Gasteiger partial charge in [0, 0.05) is 18.2 Å². The molecule has 7 nitrogen and oxygen atoms in total. The predicted octanol–water partition coefficient (Wildman–Crippen LogP) is 3.72. The van der Waals surface area contributed by atoms with Crippen molar-refractivity contribution in [2.24, 2.45) is 0 Å². The van der Waals surface area contributed by atoms with Gasteiger partial charge in [-0.2, -0.15) is 5.10 Å². The van der Waals surface area contributed by atoms with Crippen molar-refractivity contribution in [3.63, 3.8) is 0 Å². The first kappa shape index (κ1) is 23.2. The van der Waals surface area contributed by atoms with Crippen LogP contribution in [0.4, 0.5) is 10.1 Å². The van der Waals surface area contributed by atoms with Gasteiger partial charge in [0.1, 0.15) is 11.6 Å². The maximum Gasteiger partial charge on any atom is 0.346 e. The summed E-state index contributed by atoms with van der Waals surface area (Å²) in [7, 11) is 0. The van der Waals surface area contributed by atoms with Gasteiger partial charge >= 0.3 is 5.69 Å². The zero-order chi connectivity index (χ0) is 23.4. The fourth-order valence-corrected chi connectivity index (χ4v) is 4.42. The minimum atomic E-state index is -0.520. The van der Waals surface area contributed by atoms with Gasteiger partial charge in [-0.05, 0) is 56.6 Å². The molecule has 1 aliphatic heterocycles. The van der Waals surface area contributed by atoms with Crippen molar-refractivity contribution in [2.45, 2.75) is 38.8 Å². The molecule has 33 heavy (non-hydrogen) atoms. The first-order valence-electron chi connectivity index (χ1n) is 11.1. The molecular weight excluding hydrogens is 445 g/mol. The number of carbonyl (C=O) groups is 1. The molecule has 0 atom stereocenters. The lowest BCUT2D eigenvalue weighted by Crippen LogP contribution is -2.39. The van der Waals surface area contributed by atoms with Crippen LogP contribution in [0.3, 0.4) is 0 Å². The Kier molecular flexibility index (Phi) is 7.25. The van der Waals surface area contributed by atoms with Crippen molar-refractivity contribution in [3.05, 3.63) is 81.2 Å². The number of benzene rings is 2. The highest BCUT2D eigenvalue weighted by molar-refractivity contribution is 6.31. The van der Waals surface area contributed by atoms with E-state index in [0.717, 1.165) is 37.3 Å². The molecule has 4 rings (SSSR count). The molecule has 0 spiro atoms. The smallest absolute Gasteiger partial charge is 0.325 e. The fourth-order valence-electron chi connectivity index (χ4n) is 4.24. The van der Waals surface area contributed by atoms with Gasteiger partial charge < -0.3 is 5.32 Å². The Morgan fingerprint density at radius 2 is 1.91 bits per heavy atom. The van der Waals surface area contributed by atoms with Crippen molar-refractivity contribution >= 4 is 23.2 Å². The zero-order valence-corrected chi connectivity index (χ0v) is 19.3. The second kappa shape index (κ2) is 10.3. The number of rotatable bonds is 7. The number of aromatic nitrogens is 3. The minimum absolute atomic E-state index is 0.0257. The summed E-state index contributed by atoms with van der Waals surface area (Å²) in [6, 6.07) is 13.9. The van der Waals surface area contributed by atoms with Crippen molar-refractivity contribution in [2.75, 3.05) is 25.0 Å². The summed E-state index contributed by atoms with van der Waals surface area (Å²) in [5.41, 5.74) is 1.42. The molecule has 0 bridgehead atoms. The SMILES string of the molecule is CCn1c(C2CCN(CC(=O)Nc3ccc(F)c(Cl)c3)CC2)nn(Cc2ccccc2)c1=O. The number of halogens is 2. The summed E-state index contributed by atoms with van der Waals surface area (Å²) in [5, 5.41) is 7.42. The highest BCUT2D eigenvalue weighted by Crippen LogP contribution is 2.26. The van der Waals surface area contributed by atoms with Crippen LogP contribution < -0.4 is 11.0 Å². The zero-order valence-electron chi connectivity index (χ0n) is 18.5. The maximum atomic E-state index is 13.3. The molecule has 174 valence electrons. The number of nitrogens with one attached hydrogen (secondary N) is 1. The molecule has 9 heteroatoms. The lowest BCUT2D eigenvalue weighted by atomic mass is 9.96. The predicted molar refractivity (Wildman–Crippen MR) is 126 cm³/mol. The van der Waals surface area contributed by atoms with E-state index in [4.69, 9.17) is 11.6 Å². The third-order valence-electron chi connectivity index (χ3n) is 5.97. The van der Waals surface area contributed by atoms with E-state index < -0.39 is 5.82 Å². The van der Waals surface area contributed by atoms with E-state index in [1.807, 2.05) is 37.3 Å². The van der Waals surface area contributed by atoms with Crippen molar-refractivity contribution in [3.8, 4) is 0 Å². The van der Waals surface area contributed by atoms with Gasteiger partial charge in [-0.25, -0.2) is 13.9 Å². The van der Waals surface area contributed by atoms with Gasteiger partial charge in [0.25, 0.3) is 0 Å². The molecular formula is C24H27ClFN5O2. The minimum Gasteiger partial charge on any atom is -0.325 e. The van der Waals surface area contributed by atoms with Gasteiger partial charge in [0.05, 0.1) is 18.1 Å². The Balaban J connectivity index is 1.36. The highest BCUT2D eigenvalue weighted by Gasteiger charge is 2.27. The maximum absolute atomic E-state index is 13.3. The number of likely N-dealkylation sites (tertiary alicyclic amines) is 1. The molecule has 1 aliphatic rings. The monoisotopic (exact) mass is 471 g/mol. The van der Waals surface area contributed by atoms with E-state index in [9.17, 15) is 14.0 Å². The van der Waals surface area contributed by atoms with Crippen LogP contribution in [0.15, 0.2) is 53.3 Å². The Bertz CT molecular complexity index is 1170. The van der Waals surface area contributed by atoms with Crippen LogP contribution in [0.25, 0.3) is 0 Å². The van der Waals surface area contributed by atoms with Crippen LogP contribution in [-0.2, 0) is 17.9 Å². The second-order valence-electron chi connectivity index (χ2n) is 8.26. The van der Waals surface area contributed by atoms with Gasteiger partial charge in [-0.3, -0.25) is 14.3 Å². The van der Waals surface area contributed by atoms with Crippen LogP contribution in [0, 0.1) is 5.82 Å². The van der Waals surface area contributed by atoms with E-state index in [1.54, 1.807) is 9.25 Å². The van der Waals surface area contributed by atoms with Gasteiger partial charge in [0.2, 0.25) is 5.91 Å². The van der Waals surface area contributed by atoms with E-state index >= 15 is 0 Å². The largest absolute Gasteiger partial charge is 0.346 e. The van der Waals surface area contributed by atoms with Crippen molar-refractivity contribution in [1.29, 1.82) is 0 Å². The molecule has 1 saturated heterocycles. The Labute approximate surface area is 196 Å². The quantitative estimate of drug-likeness (QED) is 0.570. The lowest BCUT2D eigenvalue weighted by Gasteiger charge is -2.30. The Hall–Kier alpha value is -2.97. The summed E-state index contributed by atoms with van der Waals surface area (Å²) in [5.74, 6) is 0.301. The second-order valence-corrected chi connectivity index (χ2v) is 8.66. The van der Waals surface area contributed by atoms with Gasteiger partial charge in [0.15, 0.2) is 0 Å². The van der Waals surface area contributed by atoms with Gasteiger partial charge in [-0.15, -0.1) is 0 Å². The Morgan fingerprint density at radius 1 is 1.18 bits per heavy atom. The van der Waals surface area contributed by atoms with Crippen LogP contribution in [-0.4, -0.2) is 44.8 Å². The number of nitrogens with zero attached hydrogens (tertiary/aromatic N) is 4. The lowest BCUT2D eigenvalue weighted by molar-refractivity contribution is -0.117. The van der Waals surface area contributed by atoms with E-state index in [1.165, 1.54) is 18.2 Å². The molecule has 1 aromatic heterocycles. The van der Waals surface area contributed by atoms with E-state index in [-0.39, 0.29) is 29.1 Å². The number of carbonyl (C=O) groups excluding carboxylic acids is 1. The Morgan fingerprint density at radius 3 is 2.58 bits per heavy atom. The average Bonchev–Trinajstić information content (AvgIpc) is 3.12. The normalized spacial score (nSPS) is 15.0. The average molecular weight is 472 g/mol. The molecule has 1 fully saturated rings. The number of hydrogen-bond donors (Lipinski definition) is 1. The highest BCUT2D eigenvalue weighted by atomic mass is 35.5. The van der Waals surface area contributed by atoms with Crippen LogP contribution in [0.2, 0.25) is 5.02 Å². The van der Waals surface area contributed by atoms with E-state index in [0.29, 0.717) is 18.8 Å². The van der Waals surface area contributed by atoms with Crippen molar-refractivity contribution < 1.29 is 9.18 Å². The standard InChI is InChI=1S/C24H27ClFN5O2/c1-2-30-23(28-31(24(30)33)15-17-6-4-3-5-7-17)18-10-12-29(13-11-18)16-22(32)27-19-8-9-21(26)20(25)14-19/h3-9,14,18H,2,10-13,15-16H2,1H3,(H,27,32). The van der Waals surface area contributed by atoms with Gasteiger partial charge in [-0.1, -0.05) is 41.9 Å². The molecule has 2 heterocycles. The third kappa shape index (κ3) is 5.51. The summed E-state index contributed by atoms with van der Waals surface area (Å²) < 4.78 is 16.6. The molecule has 0 radical (unpaired) electrons. The van der Waals surface area contributed by atoms with E-state index in [2.05, 4.69) is 15.3 Å². The molecule has 3 aromatic rings. The number of amides is 1. The number of hydrogen-bond acceptors (Lipinski definition) is 4. The molecule has 1 amide bonds. The molecule has 0 unspecified atom stereocenters. The fraction of sp³-hybridized carbons (Fsp3) is 0.375. The summed E-state index contributed by atoms with van der Waals surface area (Å²) in [6.07, 6.45) is 1.63.